The zero-order valence-electron chi connectivity index (χ0n) is 19.8. The van der Waals surface area contributed by atoms with Gasteiger partial charge < -0.3 is 9.47 Å². The number of ether oxygens (including phenoxy) is 2. The number of methoxy groups -OCH3 is 1. The van der Waals surface area contributed by atoms with Crippen LogP contribution in [0.5, 0.6) is 11.5 Å². The Morgan fingerprint density at radius 3 is 2.69 bits per heavy atom. The van der Waals surface area contributed by atoms with Crippen LogP contribution in [0.4, 0.5) is 13.2 Å². The third kappa shape index (κ3) is 4.69. The fourth-order valence-corrected chi connectivity index (χ4v) is 6.05. The number of halogens is 3. The van der Waals surface area contributed by atoms with Gasteiger partial charge in [-0.3, -0.25) is 14.8 Å². The van der Waals surface area contributed by atoms with E-state index < -0.39 is 11.8 Å². The topological polar surface area (TPSA) is 80.3 Å². The predicted octanol–water partition coefficient (Wildman–Crippen LogP) is 5.18. The first-order valence-corrected chi connectivity index (χ1v) is 11.9. The Morgan fingerprint density at radius 1 is 1.19 bits per heavy atom. The Morgan fingerprint density at radius 2 is 2.00 bits per heavy atom. The highest BCUT2D eigenvalue weighted by Gasteiger charge is 2.55. The molecule has 1 saturated heterocycles. The van der Waals surface area contributed by atoms with E-state index in [0.717, 1.165) is 18.5 Å². The van der Waals surface area contributed by atoms with Crippen LogP contribution in [0, 0.1) is 5.41 Å². The lowest BCUT2D eigenvalue weighted by Crippen LogP contribution is -2.48. The lowest BCUT2D eigenvalue weighted by Gasteiger charge is -2.47. The molecule has 10 heteroatoms. The summed E-state index contributed by atoms with van der Waals surface area (Å²) in [5.41, 5.74) is 0.909. The number of hydrogen-bond donors (Lipinski definition) is 1. The van der Waals surface area contributed by atoms with Crippen LogP contribution < -0.4 is 9.47 Å². The Hall–Kier alpha value is -3.40. The van der Waals surface area contributed by atoms with E-state index in [9.17, 15) is 18.0 Å². The molecule has 2 aromatic carbocycles. The van der Waals surface area contributed by atoms with Crippen molar-refractivity contribution in [3.8, 4) is 11.5 Å². The van der Waals surface area contributed by atoms with Crippen molar-refractivity contribution in [2.24, 2.45) is 5.41 Å². The highest BCUT2D eigenvalue weighted by Crippen LogP contribution is 2.58. The molecule has 1 N–H and O–H groups in total. The molecule has 7 nitrogen and oxygen atoms in total. The molecule has 1 aliphatic carbocycles. The van der Waals surface area contributed by atoms with Gasteiger partial charge in [0, 0.05) is 23.4 Å². The first kappa shape index (κ1) is 24.3. The summed E-state index contributed by atoms with van der Waals surface area (Å²) in [6.45, 7) is 1.30. The highest BCUT2D eigenvalue weighted by molar-refractivity contribution is 5.89. The summed E-state index contributed by atoms with van der Waals surface area (Å²) in [5, 5.41) is 6.87. The quantitative estimate of drug-likeness (QED) is 0.502. The number of nitrogens with one attached hydrogen (secondary N) is 1. The van der Waals surface area contributed by atoms with Gasteiger partial charge in [-0.1, -0.05) is 30.3 Å². The summed E-state index contributed by atoms with van der Waals surface area (Å²) < 4.78 is 48.3. The van der Waals surface area contributed by atoms with Gasteiger partial charge in [0.1, 0.15) is 29.4 Å². The number of likely N-dealkylation sites (tertiary alicyclic amines) is 1. The number of aromatic nitrogens is 3. The fraction of sp³-hybridized carbons (Fsp3) is 0.423. The largest absolute Gasteiger partial charge is 0.573 e. The molecule has 36 heavy (non-hydrogen) atoms. The average Bonchev–Trinajstić information content (AvgIpc) is 3.47. The molecule has 2 fully saturated rings. The summed E-state index contributed by atoms with van der Waals surface area (Å²) in [6.07, 6.45) is -1.08. The second kappa shape index (κ2) is 9.57. The molecule has 3 atom stereocenters. The summed E-state index contributed by atoms with van der Waals surface area (Å²) in [6, 6.07) is 13.8. The van der Waals surface area contributed by atoms with Crippen LogP contribution >= 0.6 is 0 Å². The number of piperidine rings is 1. The maximum Gasteiger partial charge on any atom is 0.573 e. The smallest absolute Gasteiger partial charge is 0.496 e. The first-order valence-electron chi connectivity index (χ1n) is 11.9. The van der Waals surface area contributed by atoms with Crippen LogP contribution in [0.1, 0.15) is 54.6 Å². The van der Waals surface area contributed by atoms with Crippen molar-refractivity contribution in [3.63, 3.8) is 0 Å². The van der Waals surface area contributed by atoms with Crippen molar-refractivity contribution < 1.29 is 27.4 Å². The van der Waals surface area contributed by atoms with E-state index in [1.165, 1.54) is 31.6 Å². The Labute approximate surface area is 206 Å². The van der Waals surface area contributed by atoms with Gasteiger partial charge in [0.05, 0.1) is 13.7 Å². The van der Waals surface area contributed by atoms with Gasteiger partial charge in [0.25, 0.3) is 0 Å². The number of carbonyl (C=O) groups excluding carboxylic acids is 1. The molecule has 1 spiro atoms. The summed E-state index contributed by atoms with van der Waals surface area (Å²) in [4.78, 5) is 20.4. The SMILES string of the molecule is COc1ccc(OC(F)(F)F)cc1C1CC(=O)C2(CCCN(Cc3ncn[nH]3)C2c2ccccc2)C1. The van der Waals surface area contributed by atoms with E-state index in [1.807, 2.05) is 30.3 Å². The third-order valence-corrected chi connectivity index (χ3v) is 7.36. The molecule has 3 unspecified atom stereocenters. The van der Waals surface area contributed by atoms with Gasteiger partial charge in [-0.15, -0.1) is 13.2 Å². The van der Waals surface area contributed by atoms with Crippen LogP contribution in [0.15, 0.2) is 54.9 Å². The Kier molecular flexibility index (Phi) is 6.46. The molecule has 3 aromatic rings. The molecule has 1 aliphatic heterocycles. The molecule has 2 heterocycles. The molecular formula is C26H27F3N4O3. The number of alkyl halides is 3. The minimum Gasteiger partial charge on any atom is -0.496 e. The summed E-state index contributed by atoms with van der Waals surface area (Å²) >= 11 is 0. The minimum absolute atomic E-state index is 0.118. The van der Waals surface area contributed by atoms with Gasteiger partial charge >= 0.3 is 6.36 Å². The van der Waals surface area contributed by atoms with Gasteiger partial charge in [-0.2, -0.15) is 5.10 Å². The number of H-pyrrole nitrogens is 1. The maximum absolute atomic E-state index is 13.9. The molecule has 190 valence electrons. The maximum atomic E-state index is 13.9. The van der Waals surface area contributed by atoms with Crippen molar-refractivity contribution in [1.82, 2.24) is 20.1 Å². The molecular weight excluding hydrogens is 473 g/mol. The number of carbonyl (C=O) groups is 1. The van der Waals surface area contributed by atoms with Crippen molar-refractivity contribution in [2.45, 2.75) is 50.6 Å². The predicted molar refractivity (Wildman–Crippen MR) is 124 cm³/mol. The van der Waals surface area contributed by atoms with Crippen LogP contribution in [0.3, 0.4) is 0 Å². The van der Waals surface area contributed by atoms with Gasteiger partial charge in [0.2, 0.25) is 0 Å². The standard InChI is InChI=1S/C26H27F3N4O3/c1-35-21-9-8-19(36-26(27,28)29)13-20(21)18-12-22(34)25(14-18)10-5-11-33(15-23-30-16-31-32-23)24(25)17-6-3-2-4-7-17/h2-4,6-9,13,16,18,24H,5,10-12,14-15H2,1H3,(H,30,31,32). The van der Waals surface area contributed by atoms with E-state index in [0.29, 0.717) is 36.5 Å². The van der Waals surface area contributed by atoms with Crippen molar-refractivity contribution in [3.05, 3.63) is 71.8 Å². The van der Waals surface area contributed by atoms with Gasteiger partial charge in [0.15, 0.2) is 0 Å². The zero-order chi connectivity index (χ0) is 25.3. The molecule has 0 radical (unpaired) electrons. The highest BCUT2D eigenvalue weighted by atomic mass is 19.4. The normalized spacial score (nSPS) is 24.8. The minimum atomic E-state index is -4.80. The van der Waals surface area contributed by atoms with Crippen molar-refractivity contribution in [2.75, 3.05) is 13.7 Å². The van der Waals surface area contributed by atoms with Crippen LogP contribution in [0.25, 0.3) is 0 Å². The van der Waals surface area contributed by atoms with Gasteiger partial charge in [-0.25, -0.2) is 4.98 Å². The number of hydrogen-bond acceptors (Lipinski definition) is 6. The number of ketones is 1. The molecule has 0 amide bonds. The zero-order valence-corrected chi connectivity index (χ0v) is 19.8. The van der Waals surface area contributed by atoms with Crippen molar-refractivity contribution in [1.29, 1.82) is 0 Å². The van der Waals surface area contributed by atoms with Crippen LogP contribution in [0.2, 0.25) is 0 Å². The molecule has 1 saturated carbocycles. The van der Waals surface area contributed by atoms with E-state index in [-0.39, 0.29) is 29.9 Å². The van der Waals surface area contributed by atoms with E-state index in [4.69, 9.17) is 4.74 Å². The second-order valence-electron chi connectivity index (χ2n) is 9.46. The number of nitrogens with zero attached hydrogens (tertiary/aromatic N) is 3. The third-order valence-electron chi connectivity index (χ3n) is 7.36. The molecule has 1 aromatic heterocycles. The molecule has 5 rings (SSSR count). The molecule has 0 bridgehead atoms. The first-order chi connectivity index (χ1) is 17.3. The number of aromatic amines is 1. The van der Waals surface area contributed by atoms with Crippen LogP contribution in [-0.2, 0) is 11.3 Å². The van der Waals surface area contributed by atoms with Crippen molar-refractivity contribution >= 4 is 5.78 Å². The Balaban J connectivity index is 1.52. The van der Waals surface area contributed by atoms with E-state index in [2.05, 4.69) is 24.8 Å². The monoisotopic (exact) mass is 500 g/mol. The lowest BCUT2D eigenvalue weighted by atomic mass is 9.68. The number of rotatable bonds is 6. The van der Waals surface area contributed by atoms with Crippen LogP contribution in [-0.4, -0.2) is 45.9 Å². The summed E-state index contributed by atoms with van der Waals surface area (Å²) in [5.74, 6) is 0.675. The summed E-state index contributed by atoms with van der Waals surface area (Å²) in [7, 11) is 1.47. The Bertz CT molecular complexity index is 1200. The van der Waals surface area contributed by atoms with E-state index in [1.54, 1.807) is 0 Å². The van der Waals surface area contributed by atoms with E-state index >= 15 is 0 Å². The van der Waals surface area contributed by atoms with Gasteiger partial charge in [-0.05, 0) is 55.5 Å². The second-order valence-corrected chi connectivity index (χ2v) is 9.46. The molecule has 2 aliphatic rings. The number of Topliss-reactive ketones (excluding diaryl/α,β-unsaturated/α-hetero) is 1. The fourth-order valence-electron chi connectivity index (χ4n) is 6.05. The average molecular weight is 501 g/mol. The number of benzene rings is 2. The lowest BCUT2D eigenvalue weighted by molar-refractivity contribution is -0.274.